The molecule has 0 spiro atoms. The summed E-state index contributed by atoms with van der Waals surface area (Å²) in [7, 11) is 1.54. The van der Waals surface area contributed by atoms with Gasteiger partial charge in [0, 0.05) is 26.9 Å². The Bertz CT molecular complexity index is 2000. The van der Waals surface area contributed by atoms with Gasteiger partial charge < -0.3 is 10.1 Å². The van der Waals surface area contributed by atoms with Crippen LogP contribution in [0.3, 0.4) is 0 Å². The molecule has 0 unspecified atom stereocenters. The number of thiazole rings is 1. The highest BCUT2D eigenvalue weighted by atomic mass is 35.5. The maximum atomic E-state index is 14.0. The minimum Gasteiger partial charge on any atom is -0.497 e. The average molecular weight is 642 g/mol. The van der Waals surface area contributed by atoms with Gasteiger partial charge in [-0.15, -0.1) is 0 Å². The molecule has 8 nitrogen and oxygen atoms in total. The predicted molar refractivity (Wildman–Crippen MR) is 173 cm³/mol. The second-order valence-electron chi connectivity index (χ2n) is 10.5. The third kappa shape index (κ3) is 4.79. The number of ether oxygens (including phenoxy) is 1. The van der Waals surface area contributed by atoms with E-state index in [0.29, 0.717) is 32.1 Å². The van der Waals surface area contributed by atoms with Gasteiger partial charge in [-0.3, -0.25) is 23.7 Å². The number of nitrogens with zero attached hydrogens (tertiary/aromatic N) is 2. The Labute approximate surface area is 265 Å². The summed E-state index contributed by atoms with van der Waals surface area (Å²) >= 11 is 8.37. The third-order valence-electron chi connectivity index (χ3n) is 7.97. The van der Waals surface area contributed by atoms with E-state index in [9.17, 15) is 19.2 Å². The smallest absolute Gasteiger partial charge is 0.308 e. The molecule has 1 N–H and O–H groups in total. The van der Waals surface area contributed by atoms with Crippen LogP contribution in [0.4, 0.5) is 11.4 Å². The highest BCUT2D eigenvalue weighted by Gasteiger charge is 2.56. The van der Waals surface area contributed by atoms with Crippen molar-refractivity contribution in [3.8, 4) is 5.75 Å². The molecule has 0 bridgehead atoms. The Morgan fingerprint density at radius 3 is 2.39 bits per heavy atom. The molecule has 7 rings (SSSR count). The first-order valence-electron chi connectivity index (χ1n) is 13.8. The molecular weight excluding hydrogens is 618 g/mol. The van der Waals surface area contributed by atoms with Crippen molar-refractivity contribution >= 4 is 74.6 Å². The van der Waals surface area contributed by atoms with Crippen LogP contribution in [0, 0.1) is 5.92 Å². The number of benzene rings is 4. The quantitative estimate of drug-likeness (QED) is 0.223. The van der Waals surface area contributed by atoms with E-state index in [1.807, 2.05) is 54.6 Å². The summed E-state index contributed by atoms with van der Waals surface area (Å²) in [4.78, 5) is 56.3. The molecule has 1 saturated heterocycles. The molecule has 3 heterocycles. The van der Waals surface area contributed by atoms with Crippen LogP contribution in [0.15, 0.2) is 101 Å². The van der Waals surface area contributed by atoms with Crippen LogP contribution in [0.1, 0.15) is 16.4 Å². The van der Waals surface area contributed by atoms with E-state index in [1.54, 1.807) is 43.5 Å². The number of fused-ring (bicyclic) bond motifs is 3. The lowest BCUT2D eigenvalue weighted by molar-refractivity contribution is -0.122. The first kappa shape index (κ1) is 28.4. The van der Waals surface area contributed by atoms with Crippen molar-refractivity contribution < 1.29 is 19.1 Å². The molecule has 0 aliphatic carbocycles. The number of imide groups is 1. The van der Waals surface area contributed by atoms with Gasteiger partial charge in [0.15, 0.2) is 0 Å². The van der Waals surface area contributed by atoms with E-state index < -0.39 is 17.1 Å². The van der Waals surface area contributed by atoms with Gasteiger partial charge >= 0.3 is 4.87 Å². The van der Waals surface area contributed by atoms with E-state index >= 15 is 0 Å². The number of carbonyl (C=O) groups excluding carboxylic acids is 3. The van der Waals surface area contributed by atoms with Crippen molar-refractivity contribution in [2.45, 2.75) is 22.7 Å². The minimum atomic E-state index is -0.792. The maximum absolute atomic E-state index is 14.0. The standard InChI is InChI=1S/C33H24ClN3O5S2/c1-42-22-15-13-21(14-16-22)37-30(39)27-26(19-9-11-20(34)12-10-19)29-32(43-28(27)31(37)40)36(33(41)44-29)17-25(38)35-24-8-4-6-18-5-2-3-7-23(18)24/h2-16,26-28H,17H2,1H3,(H,35,38)/t26-,27-,28+/m0/s1. The average Bonchev–Trinajstić information content (AvgIpc) is 3.48. The second kappa shape index (κ2) is 11.3. The largest absolute Gasteiger partial charge is 0.497 e. The van der Waals surface area contributed by atoms with Crippen molar-refractivity contribution in [3.05, 3.63) is 116 Å². The number of hydrogen-bond acceptors (Lipinski definition) is 7. The molecule has 2 aliphatic rings. The Hall–Kier alpha value is -4.38. The second-order valence-corrected chi connectivity index (χ2v) is 13.1. The fourth-order valence-electron chi connectivity index (χ4n) is 5.94. The molecule has 0 radical (unpaired) electrons. The van der Waals surface area contributed by atoms with E-state index in [0.717, 1.165) is 27.7 Å². The van der Waals surface area contributed by atoms with Crippen LogP contribution in [-0.2, 0) is 20.9 Å². The zero-order valence-corrected chi connectivity index (χ0v) is 25.6. The lowest BCUT2D eigenvalue weighted by Gasteiger charge is -2.30. The zero-order valence-electron chi connectivity index (χ0n) is 23.2. The summed E-state index contributed by atoms with van der Waals surface area (Å²) in [5.41, 5.74) is 1.85. The number of methoxy groups -OCH3 is 1. The van der Waals surface area contributed by atoms with E-state index in [2.05, 4.69) is 5.32 Å². The monoisotopic (exact) mass is 641 g/mol. The van der Waals surface area contributed by atoms with Gasteiger partial charge in [0.05, 0.1) is 23.7 Å². The zero-order chi connectivity index (χ0) is 30.5. The van der Waals surface area contributed by atoms with Gasteiger partial charge in [0.25, 0.3) is 0 Å². The van der Waals surface area contributed by atoms with Gasteiger partial charge in [-0.1, -0.05) is 83.2 Å². The van der Waals surface area contributed by atoms with Gasteiger partial charge in [-0.2, -0.15) is 0 Å². The first-order chi connectivity index (χ1) is 21.3. The summed E-state index contributed by atoms with van der Waals surface area (Å²) in [5, 5.41) is 5.07. The van der Waals surface area contributed by atoms with Gasteiger partial charge in [-0.25, -0.2) is 4.90 Å². The molecule has 1 fully saturated rings. The maximum Gasteiger partial charge on any atom is 0.308 e. The molecule has 11 heteroatoms. The van der Waals surface area contributed by atoms with Crippen molar-refractivity contribution in [3.63, 3.8) is 0 Å². The molecule has 5 aromatic rings. The minimum absolute atomic E-state index is 0.240. The molecule has 3 atom stereocenters. The van der Waals surface area contributed by atoms with Crippen LogP contribution in [0.5, 0.6) is 5.75 Å². The van der Waals surface area contributed by atoms with Crippen molar-refractivity contribution in [2.24, 2.45) is 5.92 Å². The molecule has 2 aliphatic heterocycles. The number of carbonyl (C=O) groups is 3. The van der Waals surface area contributed by atoms with Crippen LogP contribution in [0.2, 0.25) is 5.02 Å². The Balaban J connectivity index is 1.27. The van der Waals surface area contributed by atoms with Crippen molar-refractivity contribution in [2.75, 3.05) is 17.3 Å². The van der Waals surface area contributed by atoms with E-state index in [4.69, 9.17) is 16.3 Å². The Kier molecular flexibility index (Phi) is 7.28. The summed E-state index contributed by atoms with van der Waals surface area (Å²) in [6.07, 6.45) is 0. The van der Waals surface area contributed by atoms with Gasteiger partial charge in [0.1, 0.15) is 17.5 Å². The number of thioether (sulfide) groups is 1. The van der Waals surface area contributed by atoms with Crippen molar-refractivity contribution in [1.82, 2.24) is 4.57 Å². The van der Waals surface area contributed by atoms with E-state index in [-0.39, 0.29) is 29.1 Å². The summed E-state index contributed by atoms with van der Waals surface area (Å²) in [6, 6.07) is 27.2. The molecule has 44 heavy (non-hydrogen) atoms. The van der Waals surface area contributed by atoms with E-state index in [1.165, 1.54) is 21.2 Å². The molecular formula is C33H24ClN3O5S2. The topological polar surface area (TPSA) is 97.7 Å². The fraction of sp³-hybridized carbons (Fsp3) is 0.152. The van der Waals surface area contributed by atoms with Gasteiger partial charge in [0.2, 0.25) is 17.7 Å². The van der Waals surface area contributed by atoms with Crippen LogP contribution >= 0.6 is 34.7 Å². The summed E-state index contributed by atoms with van der Waals surface area (Å²) < 4.78 is 6.66. The van der Waals surface area contributed by atoms with Crippen LogP contribution in [-0.4, -0.2) is 34.6 Å². The lowest BCUT2D eigenvalue weighted by Crippen LogP contribution is -2.33. The SMILES string of the molecule is COc1ccc(N2C(=O)[C@H]3[C@H](c4ccc(Cl)cc4)c4sc(=O)n(CC(=O)Nc5cccc6ccccc56)c4S[C@H]3C2=O)cc1. The fourth-order valence-corrected chi connectivity index (χ4v) is 8.84. The first-order valence-corrected chi connectivity index (χ1v) is 15.9. The highest BCUT2D eigenvalue weighted by Crippen LogP contribution is 2.54. The number of rotatable bonds is 6. The third-order valence-corrected chi connectivity index (χ3v) is 10.8. The van der Waals surface area contributed by atoms with Gasteiger partial charge in [-0.05, 0) is 53.4 Å². The van der Waals surface area contributed by atoms with Crippen molar-refractivity contribution in [1.29, 1.82) is 0 Å². The Morgan fingerprint density at radius 1 is 0.909 bits per heavy atom. The predicted octanol–water partition coefficient (Wildman–Crippen LogP) is 6.16. The number of amides is 3. The number of anilines is 2. The molecule has 1 aromatic heterocycles. The highest BCUT2D eigenvalue weighted by molar-refractivity contribution is 8.00. The summed E-state index contributed by atoms with van der Waals surface area (Å²) in [6.45, 7) is -0.240. The summed E-state index contributed by atoms with van der Waals surface area (Å²) in [5.74, 6) is -1.81. The van der Waals surface area contributed by atoms with Crippen LogP contribution < -0.4 is 19.8 Å². The van der Waals surface area contributed by atoms with Crippen LogP contribution in [0.25, 0.3) is 10.8 Å². The number of nitrogens with one attached hydrogen (secondary N) is 1. The number of aromatic nitrogens is 1. The number of halogens is 1. The normalized spacial score (nSPS) is 19.1. The number of hydrogen-bond donors (Lipinski definition) is 1. The molecule has 4 aromatic carbocycles. The Morgan fingerprint density at radius 2 is 1.64 bits per heavy atom. The molecule has 220 valence electrons. The molecule has 3 amide bonds. The molecule has 0 saturated carbocycles. The lowest BCUT2D eigenvalue weighted by atomic mass is 9.83.